The number of hydrogen-bond acceptors (Lipinski definition) is 5. The standard InChI is InChI=1S/C15H19N5O/c1-10-7-14(19-12(3)18-10)15(21)20(4)11(2)8-13-9-16-5-6-17-13/h5-7,9,11H,8H2,1-4H3/t11-/m1/s1. The SMILES string of the molecule is Cc1cc(C(=O)N(C)[C@H](C)Cc2cnccn2)nc(C)n1. The lowest BCUT2D eigenvalue weighted by Gasteiger charge is -2.24. The van der Waals surface area contributed by atoms with Crippen molar-refractivity contribution in [3.05, 3.63) is 47.6 Å². The van der Waals surface area contributed by atoms with Gasteiger partial charge in [0.15, 0.2) is 0 Å². The van der Waals surface area contributed by atoms with Crippen LogP contribution in [0.4, 0.5) is 0 Å². The van der Waals surface area contributed by atoms with E-state index >= 15 is 0 Å². The first-order chi connectivity index (χ1) is 9.97. The molecular formula is C15H19N5O. The molecule has 2 heterocycles. The molecule has 2 rings (SSSR count). The Labute approximate surface area is 124 Å². The van der Waals surface area contributed by atoms with Gasteiger partial charge in [0.25, 0.3) is 5.91 Å². The van der Waals surface area contributed by atoms with Crippen LogP contribution in [0.15, 0.2) is 24.7 Å². The highest BCUT2D eigenvalue weighted by Gasteiger charge is 2.20. The summed E-state index contributed by atoms with van der Waals surface area (Å²) in [5, 5.41) is 0. The molecular weight excluding hydrogens is 266 g/mol. The van der Waals surface area contributed by atoms with Crippen molar-refractivity contribution in [2.75, 3.05) is 7.05 Å². The van der Waals surface area contributed by atoms with Crippen LogP contribution >= 0.6 is 0 Å². The quantitative estimate of drug-likeness (QED) is 0.853. The van der Waals surface area contributed by atoms with Crippen molar-refractivity contribution in [1.29, 1.82) is 0 Å². The summed E-state index contributed by atoms with van der Waals surface area (Å²) in [5.74, 6) is 0.494. The lowest BCUT2D eigenvalue weighted by atomic mass is 10.1. The van der Waals surface area contributed by atoms with Crippen LogP contribution in [-0.2, 0) is 6.42 Å². The predicted octanol–water partition coefficient (Wildman–Crippen LogP) is 1.59. The molecule has 6 nitrogen and oxygen atoms in total. The Balaban J connectivity index is 2.11. The maximum Gasteiger partial charge on any atom is 0.272 e. The number of aromatic nitrogens is 4. The number of hydrogen-bond donors (Lipinski definition) is 0. The number of carbonyl (C=O) groups excluding carboxylic acids is 1. The maximum absolute atomic E-state index is 12.5. The molecule has 0 bridgehead atoms. The Bertz CT molecular complexity index is 609. The predicted molar refractivity (Wildman–Crippen MR) is 78.8 cm³/mol. The van der Waals surface area contributed by atoms with E-state index in [0.717, 1.165) is 11.4 Å². The van der Waals surface area contributed by atoms with E-state index in [-0.39, 0.29) is 11.9 Å². The van der Waals surface area contributed by atoms with Crippen LogP contribution in [0.5, 0.6) is 0 Å². The molecule has 2 aromatic rings. The molecule has 110 valence electrons. The lowest BCUT2D eigenvalue weighted by Crippen LogP contribution is -2.37. The zero-order valence-corrected chi connectivity index (χ0v) is 12.7. The fourth-order valence-electron chi connectivity index (χ4n) is 2.08. The van der Waals surface area contributed by atoms with E-state index in [9.17, 15) is 4.79 Å². The van der Waals surface area contributed by atoms with Gasteiger partial charge in [-0.15, -0.1) is 0 Å². The molecule has 0 aliphatic carbocycles. The molecule has 0 aromatic carbocycles. The van der Waals surface area contributed by atoms with Crippen molar-refractivity contribution in [2.45, 2.75) is 33.2 Å². The number of nitrogens with zero attached hydrogens (tertiary/aromatic N) is 5. The van der Waals surface area contributed by atoms with E-state index < -0.39 is 0 Å². The summed E-state index contributed by atoms with van der Waals surface area (Å²) in [6.07, 6.45) is 5.66. The van der Waals surface area contributed by atoms with Gasteiger partial charge in [-0.1, -0.05) is 0 Å². The molecule has 0 fully saturated rings. The van der Waals surface area contributed by atoms with Crippen LogP contribution in [0, 0.1) is 13.8 Å². The minimum absolute atomic E-state index is 0.00442. The van der Waals surface area contributed by atoms with Crippen molar-refractivity contribution in [1.82, 2.24) is 24.8 Å². The smallest absolute Gasteiger partial charge is 0.272 e. The Morgan fingerprint density at radius 1 is 1.29 bits per heavy atom. The number of carbonyl (C=O) groups is 1. The Morgan fingerprint density at radius 2 is 2.05 bits per heavy atom. The summed E-state index contributed by atoms with van der Waals surface area (Å²) in [4.78, 5) is 30.8. The molecule has 2 aromatic heterocycles. The highest BCUT2D eigenvalue weighted by atomic mass is 16.2. The van der Waals surface area contributed by atoms with Gasteiger partial charge < -0.3 is 4.90 Å². The average Bonchev–Trinajstić information content (AvgIpc) is 2.45. The minimum Gasteiger partial charge on any atom is -0.337 e. The summed E-state index contributed by atoms with van der Waals surface area (Å²) >= 11 is 0. The van der Waals surface area contributed by atoms with Crippen molar-refractivity contribution in [2.24, 2.45) is 0 Å². The Kier molecular flexibility index (Phi) is 4.57. The molecule has 0 unspecified atom stereocenters. The van der Waals surface area contributed by atoms with E-state index in [4.69, 9.17) is 0 Å². The number of rotatable bonds is 4. The number of aryl methyl sites for hydroxylation is 2. The summed E-state index contributed by atoms with van der Waals surface area (Å²) in [6, 6.07) is 1.71. The molecule has 0 aliphatic rings. The first-order valence-electron chi connectivity index (χ1n) is 6.81. The van der Waals surface area contributed by atoms with Crippen molar-refractivity contribution in [3.63, 3.8) is 0 Å². The fraction of sp³-hybridized carbons (Fsp3) is 0.400. The van der Waals surface area contributed by atoms with Gasteiger partial charge in [-0.2, -0.15) is 0 Å². The van der Waals surface area contributed by atoms with Crippen LogP contribution in [-0.4, -0.2) is 43.8 Å². The van der Waals surface area contributed by atoms with Crippen molar-refractivity contribution in [3.8, 4) is 0 Å². The molecule has 0 aliphatic heterocycles. The second-order valence-electron chi connectivity index (χ2n) is 5.11. The van der Waals surface area contributed by atoms with Gasteiger partial charge in [0, 0.05) is 43.8 Å². The van der Waals surface area contributed by atoms with Crippen LogP contribution < -0.4 is 0 Å². The van der Waals surface area contributed by atoms with Gasteiger partial charge in [0.2, 0.25) is 0 Å². The second-order valence-corrected chi connectivity index (χ2v) is 5.11. The second kappa shape index (κ2) is 6.39. The topological polar surface area (TPSA) is 71.9 Å². The lowest BCUT2D eigenvalue weighted by molar-refractivity contribution is 0.0736. The monoisotopic (exact) mass is 285 g/mol. The molecule has 0 saturated heterocycles. The van der Waals surface area contributed by atoms with E-state index in [0.29, 0.717) is 17.9 Å². The third-order valence-corrected chi connectivity index (χ3v) is 3.29. The molecule has 1 amide bonds. The van der Waals surface area contributed by atoms with Gasteiger partial charge in [-0.05, 0) is 26.8 Å². The van der Waals surface area contributed by atoms with Crippen LogP contribution in [0.2, 0.25) is 0 Å². The van der Waals surface area contributed by atoms with Gasteiger partial charge in [-0.25, -0.2) is 9.97 Å². The minimum atomic E-state index is -0.111. The van der Waals surface area contributed by atoms with Crippen molar-refractivity contribution >= 4 is 5.91 Å². The molecule has 0 radical (unpaired) electrons. The molecule has 0 N–H and O–H groups in total. The largest absolute Gasteiger partial charge is 0.337 e. The van der Waals surface area contributed by atoms with E-state index in [1.165, 1.54) is 0 Å². The Morgan fingerprint density at radius 3 is 2.67 bits per heavy atom. The zero-order chi connectivity index (χ0) is 15.4. The molecule has 21 heavy (non-hydrogen) atoms. The van der Waals surface area contributed by atoms with Gasteiger partial charge in [0.1, 0.15) is 11.5 Å². The normalized spacial score (nSPS) is 12.0. The molecule has 0 saturated carbocycles. The molecule has 0 spiro atoms. The van der Waals surface area contributed by atoms with Crippen LogP contribution in [0.3, 0.4) is 0 Å². The third kappa shape index (κ3) is 3.81. The average molecular weight is 285 g/mol. The van der Waals surface area contributed by atoms with E-state index in [2.05, 4.69) is 19.9 Å². The Hall–Kier alpha value is -2.37. The third-order valence-electron chi connectivity index (χ3n) is 3.29. The van der Waals surface area contributed by atoms with Gasteiger partial charge >= 0.3 is 0 Å². The van der Waals surface area contributed by atoms with E-state index in [1.807, 2.05) is 13.8 Å². The van der Waals surface area contributed by atoms with Crippen LogP contribution in [0.25, 0.3) is 0 Å². The first-order valence-corrected chi connectivity index (χ1v) is 6.81. The summed E-state index contributed by atoms with van der Waals surface area (Å²) < 4.78 is 0. The summed E-state index contributed by atoms with van der Waals surface area (Å²) in [6.45, 7) is 5.62. The highest BCUT2D eigenvalue weighted by Crippen LogP contribution is 2.09. The molecule has 6 heteroatoms. The van der Waals surface area contributed by atoms with Crippen molar-refractivity contribution < 1.29 is 4.79 Å². The summed E-state index contributed by atoms with van der Waals surface area (Å²) in [5.41, 5.74) is 2.08. The number of likely N-dealkylation sites (N-methyl/N-ethyl adjacent to an activating group) is 1. The maximum atomic E-state index is 12.5. The molecule has 1 atom stereocenters. The van der Waals surface area contributed by atoms with Gasteiger partial charge in [0.05, 0.1) is 5.69 Å². The first kappa shape index (κ1) is 15.0. The number of amides is 1. The summed E-state index contributed by atoms with van der Waals surface area (Å²) in [7, 11) is 1.77. The highest BCUT2D eigenvalue weighted by molar-refractivity contribution is 5.92. The zero-order valence-electron chi connectivity index (χ0n) is 12.7. The van der Waals surface area contributed by atoms with Gasteiger partial charge in [-0.3, -0.25) is 14.8 Å². The fourth-order valence-corrected chi connectivity index (χ4v) is 2.08. The van der Waals surface area contributed by atoms with E-state index in [1.54, 1.807) is 43.5 Å². The van der Waals surface area contributed by atoms with Crippen LogP contribution in [0.1, 0.15) is 34.6 Å².